The quantitative estimate of drug-likeness (QED) is 0.861. The normalized spacial score (nSPS) is 19.3. The Morgan fingerprint density at radius 2 is 2.35 bits per heavy atom. The second kappa shape index (κ2) is 6.08. The number of nitrogens with zero attached hydrogens (tertiary/aromatic N) is 2. The lowest BCUT2D eigenvalue weighted by Gasteiger charge is -2.30. The number of allylic oxidation sites excluding steroid dienone is 1. The zero-order valence-electron chi connectivity index (χ0n) is 12.6. The summed E-state index contributed by atoms with van der Waals surface area (Å²) < 4.78 is 5.37. The van der Waals surface area contributed by atoms with Gasteiger partial charge in [-0.15, -0.1) is 0 Å². The van der Waals surface area contributed by atoms with E-state index in [0.717, 1.165) is 28.7 Å². The minimum absolute atomic E-state index is 0.0539. The maximum Gasteiger partial charge on any atom is 0.328 e. The Labute approximate surface area is 133 Å². The first-order valence-electron chi connectivity index (χ1n) is 7.24. The number of benzene rings is 1. The maximum absolute atomic E-state index is 12.1. The fraction of sp³-hybridized carbons (Fsp3) is 0.235. The predicted molar refractivity (Wildman–Crippen MR) is 85.2 cm³/mol. The number of hydrogen-bond acceptors (Lipinski definition) is 4. The molecule has 1 atom stereocenters. The number of methoxy groups -OCH3 is 1. The van der Waals surface area contributed by atoms with Gasteiger partial charge in [-0.25, -0.2) is 9.80 Å². The number of fused-ring (bicyclic) bond motifs is 3. The van der Waals surface area contributed by atoms with E-state index in [1.165, 1.54) is 11.1 Å². The highest BCUT2D eigenvalue weighted by Crippen LogP contribution is 2.34. The lowest BCUT2D eigenvalue weighted by atomic mass is 9.84. The molecule has 1 aliphatic heterocycles. The minimum atomic E-state index is -1.05. The van der Waals surface area contributed by atoms with E-state index in [1.807, 2.05) is 30.4 Å². The molecule has 3 rings (SSSR count). The van der Waals surface area contributed by atoms with E-state index in [2.05, 4.69) is 5.10 Å². The van der Waals surface area contributed by atoms with Crippen LogP contribution in [0.15, 0.2) is 41.5 Å². The Hall–Kier alpha value is -2.89. The van der Waals surface area contributed by atoms with E-state index in [9.17, 15) is 9.59 Å². The van der Waals surface area contributed by atoms with Crippen molar-refractivity contribution in [3.8, 4) is 5.75 Å². The van der Waals surface area contributed by atoms with Crippen LogP contribution in [0.3, 0.4) is 0 Å². The molecule has 1 aromatic carbocycles. The van der Waals surface area contributed by atoms with E-state index in [4.69, 9.17) is 9.84 Å². The molecule has 1 aliphatic carbocycles. The Morgan fingerprint density at radius 3 is 3.09 bits per heavy atom. The number of carboxylic acids is 1. The van der Waals surface area contributed by atoms with Crippen LogP contribution in [0.1, 0.15) is 17.5 Å². The molecule has 118 valence electrons. The van der Waals surface area contributed by atoms with Crippen molar-refractivity contribution in [1.29, 1.82) is 0 Å². The number of carboxylic acid groups (broad SMARTS) is 1. The molecule has 0 spiro atoms. The van der Waals surface area contributed by atoms with Crippen molar-refractivity contribution >= 4 is 23.7 Å². The van der Waals surface area contributed by atoms with Gasteiger partial charge in [0, 0.05) is 29.5 Å². The van der Waals surface area contributed by atoms with Crippen LogP contribution >= 0.6 is 0 Å². The minimum Gasteiger partial charge on any atom is -0.496 e. The average molecular weight is 312 g/mol. The molecule has 0 saturated heterocycles. The van der Waals surface area contributed by atoms with E-state index in [0.29, 0.717) is 6.42 Å². The molecule has 1 aromatic rings. The third-order valence-electron chi connectivity index (χ3n) is 3.86. The fourth-order valence-corrected chi connectivity index (χ4v) is 2.79. The third-order valence-corrected chi connectivity index (χ3v) is 3.86. The van der Waals surface area contributed by atoms with E-state index in [1.54, 1.807) is 7.11 Å². The molecule has 1 heterocycles. The van der Waals surface area contributed by atoms with Gasteiger partial charge in [-0.05, 0) is 6.07 Å². The van der Waals surface area contributed by atoms with Crippen LogP contribution in [0.4, 0.5) is 0 Å². The predicted octanol–water partition coefficient (Wildman–Crippen LogP) is 1.92. The number of hydrogen-bond donors (Lipinski definition) is 1. The monoisotopic (exact) mass is 312 g/mol. The SMILES string of the molecule is COc1cccc2c1C=CC1CC(=O)N(C/C=C/C(=O)O)N=C21. The number of carbonyl (C=O) groups excluding carboxylic acids is 1. The topological polar surface area (TPSA) is 79.2 Å². The molecule has 6 nitrogen and oxygen atoms in total. The average Bonchev–Trinajstić information content (AvgIpc) is 2.54. The lowest BCUT2D eigenvalue weighted by Crippen LogP contribution is -2.37. The van der Waals surface area contributed by atoms with Crippen molar-refractivity contribution in [3.63, 3.8) is 0 Å². The van der Waals surface area contributed by atoms with Gasteiger partial charge in [0.05, 0.1) is 19.4 Å². The summed E-state index contributed by atoms with van der Waals surface area (Å²) in [5, 5.41) is 14.4. The van der Waals surface area contributed by atoms with E-state index >= 15 is 0 Å². The van der Waals surface area contributed by atoms with Gasteiger partial charge in [0.1, 0.15) is 5.75 Å². The molecule has 0 radical (unpaired) electrons. The summed E-state index contributed by atoms with van der Waals surface area (Å²) in [6.07, 6.45) is 6.68. The van der Waals surface area contributed by atoms with Gasteiger partial charge in [-0.3, -0.25) is 4.79 Å². The largest absolute Gasteiger partial charge is 0.496 e. The molecule has 6 heteroatoms. The van der Waals surface area contributed by atoms with Crippen LogP contribution in [0.5, 0.6) is 5.75 Å². The molecule has 0 aromatic heterocycles. The van der Waals surface area contributed by atoms with Crippen molar-refractivity contribution in [3.05, 3.63) is 47.6 Å². The summed E-state index contributed by atoms with van der Waals surface area (Å²) in [4.78, 5) is 22.7. The molecule has 1 amide bonds. The first kappa shape index (κ1) is 15.0. The van der Waals surface area contributed by atoms with Crippen molar-refractivity contribution in [2.45, 2.75) is 6.42 Å². The van der Waals surface area contributed by atoms with E-state index < -0.39 is 5.97 Å². The summed E-state index contributed by atoms with van der Waals surface area (Å²) in [6.45, 7) is 0.143. The van der Waals surface area contributed by atoms with Crippen molar-refractivity contribution in [1.82, 2.24) is 5.01 Å². The van der Waals surface area contributed by atoms with Crippen molar-refractivity contribution < 1.29 is 19.4 Å². The molecule has 0 saturated carbocycles. The first-order chi connectivity index (χ1) is 11.1. The van der Waals surface area contributed by atoms with Crippen LogP contribution in [0.25, 0.3) is 6.08 Å². The van der Waals surface area contributed by atoms with Gasteiger partial charge in [0.25, 0.3) is 0 Å². The van der Waals surface area contributed by atoms with Gasteiger partial charge in [0.2, 0.25) is 5.91 Å². The van der Waals surface area contributed by atoms with E-state index in [-0.39, 0.29) is 18.4 Å². The summed E-state index contributed by atoms with van der Waals surface area (Å²) in [5.41, 5.74) is 2.70. The molecule has 2 aliphatic rings. The molecule has 1 unspecified atom stereocenters. The zero-order chi connectivity index (χ0) is 16.4. The Kier molecular flexibility index (Phi) is 3.97. The van der Waals surface area contributed by atoms with Gasteiger partial charge in [-0.1, -0.05) is 30.4 Å². The van der Waals surface area contributed by atoms with Crippen LogP contribution in [-0.2, 0) is 9.59 Å². The van der Waals surface area contributed by atoms with Gasteiger partial charge in [-0.2, -0.15) is 5.10 Å². The third kappa shape index (κ3) is 2.88. The summed E-state index contributed by atoms with van der Waals surface area (Å²) in [5.74, 6) is -0.462. The number of amides is 1. The molecular formula is C17H16N2O4. The Bertz CT molecular complexity index is 749. The lowest BCUT2D eigenvalue weighted by molar-refractivity contribution is -0.133. The van der Waals surface area contributed by atoms with Crippen LogP contribution < -0.4 is 4.74 Å². The second-order valence-electron chi connectivity index (χ2n) is 5.29. The maximum atomic E-state index is 12.1. The highest BCUT2D eigenvalue weighted by atomic mass is 16.5. The Balaban J connectivity index is 1.96. The summed E-state index contributed by atoms with van der Waals surface area (Å²) in [7, 11) is 1.62. The molecule has 0 fully saturated rings. The zero-order valence-corrected chi connectivity index (χ0v) is 12.6. The summed E-state index contributed by atoms with van der Waals surface area (Å²) >= 11 is 0. The van der Waals surface area contributed by atoms with Gasteiger partial charge < -0.3 is 9.84 Å². The Morgan fingerprint density at radius 1 is 1.52 bits per heavy atom. The molecular weight excluding hydrogens is 296 g/mol. The smallest absolute Gasteiger partial charge is 0.328 e. The molecule has 1 N–H and O–H groups in total. The number of hydrazone groups is 1. The van der Waals surface area contributed by atoms with Crippen molar-refractivity contribution in [2.24, 2.45) is 11.0 Å². The molecule has 0 bridgehead atoms. The molecule has 23 heavy (non-hydrogen) atoms. The number of ether oxygens (including phenoxy) is 1. The highest BCUT2D eigenvalue weighted by Gasteiger charge is 2.31. The second-order valence-corrected chi connectivity index (χ2v) is 5.29. The summed E-state index contributed by atoms with van der Waals surface area (Å²) in [6, 6.07) is 5.72. The number of aliphatic carboxylic acids is 1. The fourth-order valence-electron chi connectivity index (χ4n) is 2.79. The standard InChI is InChI=1S/C17H16N2O4/c1-23-14-5-2-4-13-12(14)8-7-11-10-15(20)19(18-17(11)13)9-3-6-16(21)22/h2-8,11H,9-10H2,1H3,(H,21,22)/b6-3+. The number of carbonyl (C=O) groups is 2. The highest BCUT2D eigenvalue weighted by molar-refractivity contribution is 6.11. The van der Waals surface area contributed by atoms with Crippen molar-refractivity contribution in [2.75, 3.05) is 13.7 Å². The van der Waals surface area contributed by atoms with Crippen LogP contribution in [0.2, 0.25) is 0 Å². The first-order valence-corrected chi connectivity index (χ1v) is 7.24. The van der Waals surface area contributed by atoms with Crippen LogP contribution in [0, 0.1) is 5.92 Å². The van der Waals surface area contributed by atoms with Crippen LogP contribution in [-0.4, -0.2) is 41.4 Å². The number of rotatable bonds is 4. The van der Waals surface area contributed by atoms with Gasteiger partial charge >= 0.3 is 5.97 Å². The van der Waals surface area contributed by atoms with Gasteiger partial charge in [0.15, 0.2) is 0 Å².